The smallest absolute Gasteiger partial charge is 0.00261 e. The zero-order valence-electron chi connectivity index (χ0n) is 10.3. The van der Waals surface area contributed by atoms with Gasteiger partial charge in [0.15, 0.2) is 0 Å². The molecule has 1 heteroatoms. The lowest BCUT2D eigenvalue weighted by Gasteiger charge is -2.32. The van der Waals surface area contributed by atoms with Crippen LogP contribution >= 0.6 is 0 Å². The molecule has 3 unspecified atom stereocenters. The van der Waals surface area contributed by atoms with Crippen molar-refractivity contribution in [2.75, 3.05) is 13.6 Å². The van der Waals surface area contributed by atoms with E-state index >= 15 is 0 Å². The number of nitrogens with one attached hydrogen (secondary N) is 1. The minimum atomic E-state index is 0.850. The largest absolute Gasteiger partial charge is 0.319 e. The molecule has 0 bridgehead atoms. The molecular weight excluding hydrogens is 170 g/mol. The molecule has 1 fully saturated rings. The fourth-order valence-corrected chi connectivity index (χ4v) is 3.31. The molecule has 1 saturated carbocycles. The average Bonchev–Trinajstić information content (AvgIpc) is 2.01. The van der Waals surface area contributed by atoms with Crippen molar-refractivity contribution < 1.29 is 0 Å². The molecule has 0 aromatic carbocycles. The first-order valence-electron chi connectivity index (χ1n) is 6.26. The number of rotatable bonds is 4. The van der Waals surface area contributed by atoms with Crippen molar-refractivity contribution >= 4 is 0 Å². The monoisotopic (exact) mass is 197 g/mol. The predicted octanol–water partition coefficient (Wildman–Crippen LogP) is 3.30. The normalized spacial score (nSPS) is 35.6. The molecule has 0 aromatic heterocycles. The molecule has 0 heterocycles. The Morgan fingerprint density at radius 3 is 2.21 bits per heavy atom. The van der Waals surface area contributed by atoms with E-state index < -0.39 is 0 Å². The zero-order chi connectivity index (χ0) is 10.6. The summed E-state index contributed by atoms with van der Waals surface area (Å²) in [5.41, 5.74) is 0. The van der Waals surface area contributed by atoms with Crippen LogP contribution in [0, 0.1) is 23.7 Å². The maximum atomic E-state index is 3.28. The summed E-state index contributed by atoms with van der Waals surface area (Å²) in [5.74, 6) is 3.77. The van der Waals surface area contributed by atoms with E-state index in [1.54, 1.807) is 0 Å². The van der Waals surface area contributed by atoms with E-state index in [0.29, 0.717) is 0 Å². The minimum Gasteiger partial charge on any atom is -0.319 e. The predicted molar refractivity (Wildman–Crippen MR) is 63.4 cm³/mol. The van der Waals surface area contributed by atoms with Gasteiger partial charge in [-0.1, -0.05) is 20.8 Å². The first-order valence-corrected chi connectivity index (χ1v) is 6.26. The van der Waals surface area contributed by atoms with E-state index in [-0.39, 0.29) is 0 Å². The number of hydrogen-bond donors (Lipinski definition) is 1. The summed E-state index contributed by atoms with van der Waals surface area (Å²) >= 11 is 0. The highest BCUT2D eigenvalue weighted by Crippen LogP contribution is 2.35. The molecule has 1 nitrogen and oxygen atoms in total. The van der Waals surface area contributed by atoms with E-state index in [0.717, 1.165) is 23.7 Å². The van der Waals surface area contributed by atoms with Crippen LogP contribution in [0.4, 0.5) is 0 Å². The minimum absolute atomic E-state index is 0.850. The molecule has 1 N–H and O–H groups in total. The molecular formula is C13H27N. The Kier molecular flexibility index (Phi) is 4.94. The second-order valence-electron chi connectivity index (χ2n) is 5.68. The molecule has 1 aliphatic carbocycles. The lowest BCUT2D eigenvalue weighted by molar-refractivity contribution is 0.192. The second kappa shape index (κ2) is 5.75. The highest BCUT2D eigenvalue weighted by Gasteiger charge is 2.24. The summed E-state index contributed by atoms with van der Waals surface area (Å²) < 4.78 is 0. The van der Waals surface area contributed by atoms with Gasteiger partial charge in [0.25, 0.3) is 0 Å². The van der Waals surface area contributed by atoms with Gasteiger partial charge < -0.3 is 5.32 Å². The van der Waals surface area contributed by atoms with Gasteiger partial charge in [0.1, 0.15) is 0 Å². The van der Waals surface area contributed by atoms with E-state index in [1.807, 2.05) is 0 Å². The van der Waals surface area contributed by atoms with E-state index in [9.17, 15) is 0 Å². The van der Waals surface area contributed by atoms with Gasteiger partial charge in [-0.3, -0.25) is 0 Å². The molecule has 0 spiro atoms. The van der Waals surface area contributed by atoms with Crippen LogP contribution in [0.2, 0.25) is 0 Å². The third kappa shape index (κ3) is 4.00. The van der Waals surface area contributed by atoms with Crippen molar-refractivity contribution in [3.63, 3.8) is 0 Å². The molecule has 84 valence electrons. The average molecular weight is 197 g/mol. The van der Waals surface area contributed by atoms with Gasteiger partial charge >= 0.3 is 0 Å². The van der Waals surface area contributed by atoms with Gasteiger partial charge in [0, 0.05) is 0 Å². The summed E-state index contributed by atoms with van der Waals surface area (Å²) in [4.78, 5) is 0. The Bertz CT molecular complexity index is 145. The Morgan fingerprint density at radius 2 is 1.71 bits per heavy atom. The lowest BCUT2D eigenvalue weighted by atomic mass is 9.74. The Morgan fingerprint density at radius 1 is 1.14 bits per heavy atom. The fourth-order valence-electron chi connectivity index (χ4n) is 3.31. The zero-order valence-corrected chi connectivity index (χ0v) is 10.3. The highest BCUT2D eigenvalue weighted by atomic mass is 14.8. The Labute approximate surface area is 89.7 Å². The van der Waals surface area contributed by atoms with Crippen LogP contribution in [-0.4, -0.2) is 13.6 Å². The van der Waals surface area contributed by atoms with Crippen molar-refractivity contribution in [3.05, 3.63) is 0 Å². The summed E-state index contributed by atoms with van der Waals surface area (Å²) in [6, 6.07) is 0. The molecule has 1 aliphatic rings. The van der Waals surface area contributed by atoms with Gasteiger partial charge in [-0.2, -0.15) is 0 Å². The summed E-state index contributed by atoms with van der Waals surface area (Å²) in [7, 11) is 2.06. The third-order valence-corrected chi connectivity index (χ3v) is 3.56. The van der Waals surface area contributed by atoms with Crippen LogP contribution in [0.15, 0.2) is 0 Å². The standard InChI is InChI=1S/C13H27N/c1-10-5-11(2)7-13(6-10)8-12(3)9-14-4/h10-14H,5-9H2,1-4H3. The molecule has 3 atom stereocenters. The molecule has 1 rings (SSSR count). The van der Waals surface area contributed by atoms with E-state index in [2.05, 4.69) is 33.1 Å². The van der Waals surface area contributed by atoms with E-state index in [4.69, 9.17) is 0 Å². The third-order valence-electron chi connectivity index (χ3n) is 3.56. The van der Waals surface area contributed by atoms with Crippen LogP contribution in [0.3, 0.4) is 0 Å². The quantitative estimate of drug-likeness (QED) is 0.729. The maximum Gasteiger partial charge on any atom is -0.00261 e. The van der Waals surface area contributed by atoms with Gasteiger partial charge in [-0.15, -0.1) is 0 Å². The molecule has 14 heavy (non-hydrogen) atoms. The molecule has 0 saturated heterocycles. The first-order chi connectivity index (χ1) is 6.61. The number of hydrogen-bond acceptors (Lipinski definition) is 1. The van der Waals surface area contributed by atoms with Crippen LogP contribution in [-0.2, 0) is 0 Å². The molecule has 0 aromatic rings. The van der Waals surface area contributed by atoms with Crippen molar-refractivity contribution in [1.29, 1.82) is 0 Å². The fraction of sp³-hybridized carbons (Fsp3) is 1.00. The maximum absolute atomic E-state index is 3.28. The van der Waals surface area contributed by atoms with Crippen molar-refractivity contribution in [1.82, 2.24) is 5.32 Å². The molecule has 0 amide bonds. The van der Waals surface area contributed by atoms with E-state index in [1.165, 1.54) is 32.2 Å². The highest BCUT2D eigenvalue weighted by molar-refractivity contribution is 4.76. The first kappa shape index (κ1) is 12.0. The van der Waals surface area contributed by atoms with Crippen molar-refractivity contribution in [3.8, 4) is 0 Å². The lowest BCUT2D eigenvalue weighted by Crippen LogP contribution is -2.24. The molecule has 0 radical (unpaired) electrons. The summed E-state index contributed by atoms with van der Waals surface area (Å²) in [5, 5.41) is 3.28. The molecule has 0 aliphatic heterocycles. The second-order valence-corrected chi connectivity index (χ2v) is 5.68. The van der Waals surface area contributed by atoms with Crippen LogP contribution in [0.25, 0.3) is 0 Å². The Balaban J connectivity index is 2.29. The van der Waals surface area contributed by atoms with Gasteiger partial charge in [-0.25, -0.2) is 0 Å². The van der Waals surface area contributed by atoms with Crippen molar-refractivity contribution in [2.45, 2.75) is 46.5 Å². The van der Waals surface area contributed by atoms with Gasteiger partial charge in [0.05, 0.1) is 0 Å². The Hall–Kier alpha value is -0.0400. The summed E-state index contributed by atoms with van der Waals surface area (Å²) in [6.45, 7) is 8.40. The van der Waals surface area contributed by atoms with Gasteiger partial charge in [-0.05, 0) is 62.9 Å². The van der Waals surface area contributed by atoms with Crippen LogP contribution in [0.5, 0.6) is 0 Å². The van der Waals surface area contributed by atoms with Crippen LogP contribution in [0.1, 0.15) is 46.5 Å². The van der Waals surface area contributed by atoms with Crippen LogP contribution < -0.4 is 5.32 Å². The topological polar surface area (TPSA) is 12.0 Å². The summed E-state index contributed by atoms with van der Waals surface area (Å²) in [6.07, 6.45) is 5.82. The SMILES string of the molecule is CNCC(C)CC1CC(C)CC(C)C1. The van der Waals surface area contributed by atoms with Crippen molar-refractivity contribution in [2.24, 2.45) is 23.7 Å². The van der Waals surface area contributed by atoms with Gasteiger partial charge in [0.2, 0.25) is 0 Å².